The van der Waals surface area contributed by atoms with Crippen LogP contribution in [0.15, 0.2) is 0 Å². The van der Waals surface area contributed by atoms with Crippen molar-refractivity contribution in [1.82, 2.24) is 5.32 Å². The predicted octanol–water partition coefficient (Wildman–Crippen LogP) is 1.44. The molecule has 2 atom stereocenters. The molecule has 3 nitrogen and oxygen atoms in total. The Morgan fingerprint density at radius 3 is 2.62 bits per heavy atom. The fourth-order valence-corrected chi connectivity index (χ4v) is 1.11. The Bertz CT molecular complexity index is 153. The van der Waals surface area contributed by atoms with Gasteiger partial charge in [-0.2, -0.15) is 0 Å². The number of amides is 1. The summed E-state index contributed by atoms with van der Waals surface area (Å²) in [6, 6.07) is 0. The first-order valence-corrected chi connectivity index (χ1v) is 5.63. The van der Waals surface area contributed by atoms with Gasteiger partial charge >= 0.3 is 0 Å². The van der Waals surface area contributed by atoms with Gasteiger partial charge in [-0.05, 0) is 12.8 Å². The normalized spacial score (nSPS) is 15.1. The first-order chi connectivity index (χ1) is 6.11. The molecule has 4 heteroatoms. The van der Waals surface area contributed by atoms with Gasteiger partial charge in [0.05, 0.1) is 10.9 Å². The zero-order chi connectivity index (χ0) is 10.3. The van der Waals surface area contributed by atoms with Crippen LogP contribution in [0.4, 0.5) is 0 Å². The number of rotatable bonds is 6. The quantitative estimate of drug-likeness (QED) is 0.703. The topological polar surface area (TPSA) is 49.3 Å². The average Bonchev–Trinajstić information content (AvgIpc) is 2.13. The molecule has 1 amide bonds. The summed E-state index contributed by atoms with van der Waals surface area (Å²) < 4.78 is 0. The molecule has 0 rings (SSSR count). The second kappa shape index (κ2) is 7.33. The number of carbonyl (C=O) groups is 1. The van der Waals surface area contributed by atoms with E-state index in [2.05, 4.69) is 21.2 Å². The van der Waals surface area contributed by atoms with Crippen molar-refractivity contribution in [2.45, 2.75) is 44.0 Å². The molecular formula is C9H18BrNO2. The lowest BCUT2D eigenvalue weighted by molar-refractivity contribution is -0.120. The summed E-state index contributed by atoms with van der Waals surface area (Å²) in [5, 5.41) is 12.0. The van der Waals surface area contributed by atoms with Crippen molar-refractivity contribution in [3.05, 3.63) is 0 Å². The van der Waals surface area contributed by atoms with Crippen LogP contribution in [0.5, 0.6) is 0 Å². The van der Waals surface area contributed by atoms with Crippen molar-refractivity contribution >= 4 is 21.8 Å². The van der Waals surface area contributed by atoms with Crippen molar-refractivity contribution in [2.75, 3.05) is 6.54 Å². The maximum Gasteiger partial charge on any atom is 0.233 e. The largest absolute Gasteiger partial charge is 0.391 e. The SMILES string of the molecule is CCCC(O)CNC(=O)C(Br)CC. The minimum absolute atomic E-state index is 0.0438. The van der Waals surface area contributed by atoms with E-state index in [-0.39, 0.29) is 10.7 Å². The van der Waals surface area contributed by atoms with Crippen molar-refractivity contribution in [3.8, 4) is 0 Å². The van der Waals surface area contributed by atoms with Gasteiger partial charge < -0.3 is 10.4 Å². The molecule has 0 fully saturated rings. The second-order valence-electron chi connectivity index (χ2n) is 3.06. The lowest BCUT2D eigenvalue weighted by Gasteiger charge is -2.12. The van der Waals surface area contributed by atoms with E-state index in [0.29, 0.717) is 6.54 Å². The molecule has 0 bridgehead atoms. The van der Waals surface area contributed by atoms with Gasteiger partial charge in [0.2, 0.25) is 5.91 Å². The van der Waals surface area contributed by atoms with Crippen LogP contribution in [0, 0.1) is 0 Å². The highest BCUT2D eigenvalue weighted by Gasteiger charge is 2.12. The fraction of sp³-hybridized carbons (Fsp3) is 0.889. The maximum absolute atomic E-state index is 11.2. The standard InChI is InChI=1S/C9H18BrNO2/c1-3-5-7(12)6-11-9(13)8(10)4-2/h7-8,12H,3-6H2,1-2H3,(H,11,13). The summed E-state index contributed by atoms with van der Waals surface area (Å²) >= 11 is 3.24. The summed E-state index contributed by atoms with van der Waals surface area (Å²) in [5.74, 6) is -0.0438. The van der Waals surface area contributed by atoms with Crippen LogP contribution in [0.3, 0.4) is 0 Å². The van der Waals surface area contributed by atoms with Gasteiger partial charge in [-0.15, -0.1) is 0 Å². The molecule has 0 saturated carbocycles. The zero-order valence-corrected chi connectivity index (χ0v) is 9.80. The molecule has 0 aromatic heterocycles. The molecule has 78 valence electrons. The van der Waals surface area contributed by atoms with Crippen molar-refractivity contribution in [3.63, 3.8) is 0 Å². The van der Waals surface area contributed by atoms with E-state index in [1.807, 2.05) is 13.8 Å². The highest BCUT2D eigenvalue weighted by Crippen LogP contribution is 2.03. The third-order valence-corrected chi connectivity index (χ3v) is 2.84. The van der Waals surface area contributed by atoms with Crippen LogP contribution < -0.4 is 5.32 Å². The van der Waals surface area contributed by atoms with E-state index in [9.17, 15) is 9.90 Å². The number of aliphatic hydroxyl groups excluding tert-OH is 1. The fourth-order valence-electron chi connectivity index (χ4n) is 0.950. The molecule has 0 radical (unpaired) electrons. The molecule has 0 aliphatic carbocycles. The summed E-state index contributed by atoms with van der Waals surface area (Å²) in [6.07, 6.45) is 2.02. The van der Waals surface area contributed by atoms with E-state index in [4.69, 9.17) is 0 Å². The van der Waals surface area contributed by atoms with Crippen LogP contribution in [0.25, 0.3) is 0 Å². The summed E-state index contributed by atoms with van der Waals surface area (Å²) in [4.78, 5) is 11.1. The Hall–Kier alpha value is -0.0900. The Morgan fingerprint density at radius 1 is 1.54 bits per heavy atom. The summed E-state index contributed by atoms with van der Waals surface area (Å²) in [5.41, 5.74) is 0. The molecule has 2 unspecified atom stereocenters. The van der Waals surface area contributed by atoms with Gasteiger partial charge in [-0.3, -0.25) is 4.79 Å². The molecule has 0 heterocycles. The molecule has 0 saturated heterocycles. The van der Waals surface area contributed by atoms with Crippen molar-refractivity contribution in [1.29, 1.82) is 0 Å². The number of alkyl halides is 1. The van der Waals surface area contributed by atoms with Gasteiger partial charge in [0.1, 0.15) is 0 Å². The third kappa shape index (κ3) is 6.05. The highest BCUT2D eigenvalue weighted by atomic mass is 79.9. The summed E-state index contributed by atoms with van der Waals surface area (Å²) in [7, 11) is 0. The first kappa shape index (κ1) is 12.9. The maximum atomic E-state index is 11.2. The first-order valence-electron chi connectivity index (χ1n) is 4.71. The minimum Gasteiger partial charge on any atom is -0.391 e. The molecular weight excluding hydrogens is 234 g/mol. The van der Waals surface area contributed by atoms with Crippen molar-refractivity contribution in [2.24, 2.45) is 0 Å². The third-order valence-electron chi connectivity index (χ3n) is 1.78. The lowest BCUT2D eigenvalue weighted by atomic mass is 10.2. The Balaban J connectivity index is 3.57. The van der Waals surface area contributed by atoms with Crippen molar-refractivity contribution < 1.29 is 9.90 Å². The minimum atomic E-state index is -0.412. The molecule has 0 spiro atoms. The van der Waals surface area contributed by atoms with E-state index in [1.54, 1.807) is 0 Å². The lowest BCUT2D eigenvalue weighted by Crippen LogP contribution is -2.36. The number of hydrogen-bond acceptors (Lipinski definition) is 2. The predicted molar refractivity (Wildman–Crippen MR) is 56.9 cm³/mol. The molecule has 0 aromatic rings. The van der Waals surface area contributed by atoms with E-state index in [0.717, 1.165) is 19.3 Å². The van der Waals surface area contributed by atoms with Gasteiger partial charge in [-0.25, -0.2) is 0 Å². The smallest absolute Gasteiger partial charge is 0.233 e. The Kier molecular flexibility index (Phi) is 7.28. The molecule has 2 N–H and O–H groups in total. The number of hydrogen-bond donors (Lipinski definition) is 2. The zero-order valence-electron chi connectivity index (χ0n) is 8.22. The highest BCUT2D eigenvalue weighted by molar-refractivity contribution is 9.10. The average molecular weight is 252 g/mol. The number of nitrogens with one attached hydrogen (secondary N) is 1. The van der Waals surface area contributed by atoms with E-state index in [1.165, 1.54) is 0 Å². The van der Waals surface area contributed by atoms with Crippen LogP contribution in [0.2, 0.25) is 0 Å². The molecule has 0 aliphatic heterocycles. The van der Waals surface area contributed by atoms with Crippen LogP contribution in [-0.2, 0) is 4.79 Å². The monoisotopic (exact) mass is 251 g/mol. The van der Waals surface area contributed by atoms with Crippen LogP contribution in [-0.4, -0.2) is 28.5 Å². The van der Waals surface area contributed by atoms with Gasteiger partial charge in [0.25, 0.3) is 0 Å². The molecule has 0 aliphatic rings. The Morgan fingerprint density at radius 2 is 2.15 bits per heavy atom. The summed E-state index contributed by atoms with van der Waals surface area (Å²) in [6.45, 7) is 4.29. The molecule has 0 aromatic carbocycles. The molecule has 13 heavy (non-hydrogen) atoms. The number of carbonyl (C=O) groups excluding carboxylic acids is 1. The van der Waals surface area contributed by atoms with Crippen LogP contribution in [0.1, 0.15) is 33.1 Å². The number of halogens is 1. The van der Waals surface area contributed by atoms with E-state index < -0.39 is 6.10 Å². The van der Waals surface area contributed by atoms with Gasteiger partial charge in [0.15, 0.2) is 0 Å². The number of aliphatic hydroxyl groups is 1. The van der Waals surface area contributed by atoms with Gasteiger partial charge in [-0.1, -0.05) is 36.2 Å². The van der Waals surface area contributed by atoms with Crippen LogP contribution >= 0.6 is 15.9 Å². The van der Waals surface area contributed by atoms with Gasteiger partial charge in [0, 0.05) is 6.54 Å². The second-order valence-corrected chi connectivity index (χ2v) is 4.17. The Labute approximate surface area is 88.0 Å². The van der Waals surface area contributed by atoms with E-state index >= 15 is 0 Å².